The number of rotatable bonds is 6. The van der Waals surface area contributed by atoms with Gasteiger partial charge in [-0.05, 0) is 73.9 Å². The van der Waals surface area contributed by atoms with Crippen LogP contribution in [0.2, 0.25) is 0 Å². The second-order valence-electron chi connectivity index (χ2n) is 10.2. The van der Waals surface area contributed by atoms with Gasteiger partial charge in [-0.15, -0.1) is 0 Å². The minimum absolute atomic E-state index is 0.00349. The Morgan fingerprint density at radius 3 is 2.80 bits per heavy atom. The molecule has 0 unspecified atom stereocenters. The van der Waals surface area contributed by atoms with Crippen molar-refractivity contribution in [3.8, 4) is 16.9 Å². The SMILES string of the molecule is CCc1cc2c(cc1-c1cc(OC)c3ncnn3c1)[nH]c(=O)n2[C@@H]1CCCN(CC2CCCC2)C1. The van der Waals surface area contributed by atoms with Gasteiger partial charge in [0.15, 0.2) is 11.4 Å². The number of aryl methyl sites for hydroxylation is 1. The first-order valence-corrected chi connectivity index (χ1v) is 13.0. The van der Waals surface area contributed by atoms with E-state index in [9.17, 15) is 4.79 Å². The number of nitrogens with zero attached hydrogens (tertiary/aromatic N) is 5. The van der Waals surface area contributed by atoms with Crippen LogP contribution in [0.5, 0.6) is 5.75 Å². The number of pyridine rings is 1. The summed E-state index contributed by atoms with van der Waals surface area (Å²) >= 11 is 0. The van der Waals surface area contributed by atoms with Crippen LogP contribution in [-0.4, -0.2) is 55.8 Å². The average molecular weight is 475 g/mol. The van der Waals surface area contributed by atoms with Crippen LogP contribution in [0.3, 0.4) is 0 Å². The highest BCUT2D eigenvalue weighted by Gasteiger charge is 2.27. The number of hydrogen-bond donors (Lipinski definition) is 1. The molecular formula is C27H34N6O2. The third-order valence-electron chi connectivity index (χ3n) is 8.03. The molecule has 4 aromatic rings. The van der Waals surface area contributed by atoms with Gasteiger partial charge in [-0.25, -0.2) is 14.3 Å². The van der Waals surface area contributed by atoms with Crippen LogP contribution in [0.1, 0.15) is 57.1 Å². The van der Waals surface area contributed by atoms with Crippen LogP contribution in [0.4, 0.5) is 0 Å². The predicted molar refractivity (Wildman–Crippen MR) is 137 cm³/mol. The molecule has 1 aliphatic heterocycles. The molecule has 0 radical (unpaired) electrons. The van der Waals surface area contributed by atoms with E-state index in [4.69, 9.17) is 4.74 Å². The summed E-state index contributed by atoms with van der Waals surface area (Å²) in [5, 5.41) is 4.31. The molecule has 2 aliphatic rings. The largest absolute Gasteiger partial charge is 0.493 e. The van der Waals surface area contributed by atoms with Gasteiger partial charge in [-0.1, -0.05) is 19.8 Å². The Balaban J connectivity index is 1.38. The molecule has 1 aromatic carbocycles. The number of aromatic nitrogens is 5. The monoisotopic (exact) mass is 474 g/mol. The van der Waals surface area contributed by atoms with E-state index >= 15 is 0 Å². The summed E-state index contributed by atoms with van der Waals surface area (Å²) in [6, 6.07) is 6.54. The van der Waals surface area contributed by atoms with Crippen LogP contribution >= 0.6 is 0 Å². The highest BCUT2D eigenvalue weighted by atomic mass is 16.5. The molecule has 8 nitrogen and oxygen atoms in total. The summed E-state index contributed by atoms with van der Waals surface area (Å²) in [6.45, 7) is 5.47. The number of methoxy groups -OCH3 is 1. The molecule has 1 saturated heterocycles. The second-order valence-corrected chi connectivity index (χ2v) is 10.2. The first kappa shape index (κ1) is 22.3. The molecule has 0 bridgehead atoms. The lowest BCUT2D eigenvalue weighted by molar-refractivity contribution is 0.155. The Morgan fingerprint density at radius 1 is 1.14 bits per heavy atom. The Kier molecular flexibility index (Phi) is 5.84. The standard InChI is InChI=1S/C27H34N6O2/c1-3-19-11-24-23(13-22(19)20-12-25(35-2)26-28-17-29-32(26)15-20)30-27(34)33(24)21-9-6-10-31(16-21)14-18-7-4-5-8-18/h11-13,15,17-18,21H,3-10,14,16H2,1-2H3,(H,30,34)/t21-/m1/s1. The topological polar surface area (TPSA) is 80.5 Å². The first-order chi connectivity index (χ1) is 17.1. The van der Waals surface area contributed by atoms with Crippen molar-refractivity contribution in [2.24, 2.45) is 5.92 Å². The number of nitrogens with one attached hydrogen (secondary N) is 1. The normalized spacial score (nSPS) is 19.8. The molecule has 184 valence electrons. The number of imidazole rings is 1. The third-order valence-corrected chi connectivity index (χ3v) is 8.03. The van der Waals surface area contributed by atoms with Gasteiger partial charge in [0.25, 0.3) is 0 Å². The van der Waals surface area contributed by atoms with Crippen molar-refractivity contribution in [1.29, 1.82) is 0 Å². The highest BCUT2D eigenvalue weighted by Crippen LogP contribution is 2.34. The Labute approximate surface area is 204 Å². The van der Waals surface area contributed by atoms with E-state index in [1.807, 2.05) is 16.8 Å². The lowest BCUT2D eigenvalue weighted by Crippen LogP contribution is -2.41. The van der Waals surface area contributed by atoms with Gasteiger partial charge < -0.3 is 14.6 Å². The molecule has 8 heteroatoms. The number of piperidine rings is 1. The van der Waals surface area contributed by atoms with E-state index in [2.05, 4.69) is 39.0 Å². The molecule has 0 spiro atoms. The fraction of sp³-hybridized carbons (Fsp3) is 0.519. The highest BCUT2D eigenvalue weighted by molar-refractivity contribution is 5.85. The molecule has 1 aliphatic carbocycles. The summed E-state index contributed by atoms with van der Waals surface area (Å²) in [4.78, 5) is 23.3. The number of ether oxygens (including phenoxy) is 1. The van der Waals surface area contributed by atoms with Crippen molar-refractivity contribution in [1.82, 2.24) is 29.0 Å². The van der Waals surface area contributed by atoms with Crippen molar-refractivity contribution in [3.05, 3.63) is 46.8 Å². The van der Waals surface area contributed by atoms with Crippen molar-refractivity contribution in [2.75, 3.05) is 26.7 Å². The fourth-order valence-corrected chi connectivity index (χ4v) is 6.30. The van der Waals surface area contributed by atoms with Gasteiger partial charge >= 0.3 is 5.69 Å². The maximum absolute atomic E-state index is 13.2. The van der Waals surface area contributed by atoms with Gasteiger partial charge in [0.2, 0.25) is 0 Å². The number of H-pyrrole nitrogens is 1. The van der Waals surface area contributed by atoms with Gasteiger partial charge in [0.1, 0.15) is 6.33 Å². The first-order valence-electron chi connectivity index (χ1n) is 13.0. The van der Waals surface area contributed by atoms with E-state index in [1.165, 1.54) is 44.1 Å². The molecule has 4 heterocycles. The number of aromatic amines is 1. The zero-order chi connectivity index (χ0) is 23.9. The maximum Gasteiger partial charge on any atom is 0.326 e. The molecule has 0 amide bonds. The molecular weight excluding hydrogens is 440 g/mol. The molecule has 6 rings (SSSR count). The predicted octanol–water partition coefficient (Wildman–Crippen LogP) is 4.44. The van der Waals surface area contributed by atoms with Crippen LogP contribution in [0.15, 0.2) is 35.5 Å². The maximum atomic E-state index is 13.2. The van der Waals surface area contributed by atoms with Crippen LogP contribution in [0.25, 0.3) is 27.8 Å². The van der Waals surface area contributed by atoms with Crippen LogP contribution in [-0.2, 0) is 6.42 Å². The zero-order valence-corrected chi connectivity index (χ0v) is 20.7. The molecule has 1 N–H and O–H groups in total. The third kappa shape index (κ3) is 4.03. The number of hydrogen-bond acceptors (Lipinski definition) is 5. The lowest BCUT2D eigenvalue weighted by atomic mass is 9.97. The van der Waals surface area contributed by atoms with Crippen molar-refractivity contribution < 1.29 is 4.74 Å². The second kappa shape index (κ2) is 9.15. The van der Waals surface area contributed by atoms with E-state index in [1.54, 1.807) is 11.6 Å². The smallest absolute Gasteiger partial charge is 0.326 e. The number of benzene rings is 1. The summed E-state index contributed by atoms with van der Waals surface area (Å²) in [5.74, 6) is 1.51. The van der Waals surface area contributed by atoms with E-state index < -0.39 is 0 Å². The Bertz CT molecular complexity index is 1410. The summed E-state index contributed by atoms with van der Waals surface area (Å²) in [7, 11) is 1.65. The molecule has 35 heavy (non-hydrogen) atoms. The Hall–Kier alpha value is -3.13. The lowest BCUT2D eigenvalue weighted by Gasteiger charge is -2.34. The Morgan fingerprint density at radius 2 is 2.00 bits per heavy atom. The summed E-state index contributed by atoms with van der Waals surface area (Å²) in [6.07, 6.45) is 12.0. The number of likely N-dealkylation sites (tertiary alicyclic amines) is 1. The van der Waals surface area contributed by atoms with Gasteiger partial charge in [0.05, 0.1) is 24.2 Å². The molecule has 3 aromatic heterocycles. The van der Waals surface area contributed by atoms with Gasteiger partial charge in [-0.2, -0.15) is 5.10 Å². The van der Waals surface area contributed by atoms with Gasteiger partial charge in [-0.3, -0.25) is 4.57 Å². The van der Waals surface area contributed by atoms with Gasteiger partial charge in [0, 0.05) is 24.8 Å². The van der Waals surface area contributed by atoms with Crippen LogP contribution < -0.4 is 10.4 Å². The fourth-order valence-electron chi connectivity index (χ4n) is 6.30. The number of fused-ring (bicyclic) bond motifs is 2. The average Bonchev–Trinajstić information content (AvgIpc) is 3.62. The quantitative estimate of drug-likeness (QED) is 0.447. The molecule has 1 saturated carbocycles. The molecule has 1 atom stereocenters. The van der Waals surface area contributed by atoms with E-state index in [0.29, 0.717) is 11.4 Å². The zero-order valence-electron chi connectivity index (χ0n) is 20.7. The van der Waals surface area contributed by atoms with E-state index in [0.717, 1.165) is 60.4 Å². The summed E-state index contributed by atoms with van der Waals surface area (Å²) in [5.41, 5.74) is 5.85. The molecule has 2 fully saturated rings. The van der Waals surface area contributed by atoms with Crippen molar-refractivity contribution in [3.63, 3.8) is 0 Å². The minimum atomic E-state index is -0.00349. The van der Waals surface area contributed by atoms with Crippen LogP contribution in [0, 0.1) is 5.92 Å². The summed E-state index contributed by atoms with van der Waals surface area (Å²) < 4.78 is 9.35. The minimum Gasteiger partial charge on any atom is -0.493 e. The van der Waals surface area contributed by atoms with Crippen molar-refractivity contribution in [2.45, 2.75) is 57.9 Å². The van der Waals surface area contributed by atoms with E-state index in [-0.39, 0.29) is 11.7 Å². The van der Waals surface area contributed by atoms with Crippen molar-refractivity contribution >= 4 is 16.7 Å².